The Morgan fingerprint density at radius 2 is 2.04 bits per heavy atom. The van der Waals surface area contributed by atoms with Crippen LogP contribution in [-0.2, 0) is 11.3 Å². The van der Waals surface area contributed by atoms with Crippen molar-refractivity contribution >= 4 is 16.9 Å². The predicted molar refractivity (Wildman–Crippen MR) is 89.8 cm³/mol. The summed E-state index contributed by atoms with van der Waals surface area (Å²) in [5, 5.41) is 3.53. The van der Waals surface area contributed by atoms with Crippen molar-refractivity contribution in [2.24, 2.45) is 0 Å². The summed E-state index contributed by atoms with van der Waals surface area (Å²) in [5.74, 6) is 0.903. The van der Waals surface area contributed by atoms with Crippen molar-refractivity contribution in [3.63, 3.8) is 0 Å². The van der Waals surface area contributed by atoms with Crippen LogP contribution in [0.5, 0.6) is 11.5 Å². The molecule has 7 heteroatoms. The minimum absolute atomic E-state index is 0.154. The number of hydrogen-bond donors (Lipinski definition) is 1. The minimum atomic E-state index is -0.709. The number of carbonyl (C=O) groups excluding carboxylic acids is 1. The summed E-state index contributed by atoms with van der Waals surface area (Å²) >= 11 is 0. The standard InChI is InChI=1S/C18H16N2O5/c21-17(15-11-24-13-3-1-2-4-14(13)25-15)19-7-9-20-8-5-12-6-10-23-16(12)18(20)22/h1-6,8,10,15H,7,9,11H2,(H,19,21)/t15-/m0/s1. The Balaban J connectivity index is 1.36. The number of benzene rings is 1. The van der Waals surface area contributed by atoms with E-state index in [0.29, 0.717) is 30.2 Å². The smallest absolute Gasteiger partial charge is 0.294 e. The SMILES string of the molecule is O=C(NCCn1ccc2ccoc2c1=O)[C@@H]1COc2ccccc2O1. The Morgan fingerprint density at radius 1 is 1.20 bits per heavy atom. The molecule has 3 aromatic rings. The van der Waals surface area contributed by atoms with Crippen LogP contribution < -0.4 is 20.3 Å². The average molecular weight is 340 g/mol. The van der Waals surface area contributed by atoms with Crippen LogP contribution in [0.2, 0.25) is 0 Å². The Hall–Kier alpha value is -3.22. The van der Waals surface area contributed by atoms with Crippen molar-refractivity contribution in [2.45, 2.75) is 12.6 Å². The highest BCUT2D eigenvalue weighted by molar-refractivity contribution is 5.81. The second-order valence-electron chi connectivity index (χ2n) is 5.67. The molecule has 0 spiro atoms. The lowest BCUT2D eigenvalue weighted by atomic mass is 10.2. The molecule has 0 unspecified atom stereocenters. The largest absolute Gasteiger partial charge is 0.485 e. The molecule has 1 aliphatic heterocycles. The van der Waals surface area contributed by atoms with E-state index in [2.05, 4.69) is 5.32 Å². The summed E-state index contributed by atoms with van der Waals surface area (Å²) in [6.07, 6.45) is 2.46. The van der Waals surface area contributed by atoms with Crippen molar-refractivity contribution < 1.29 is 18.7 Å². The van der Waals surface area contributed by atoms with Gasteiger partial charge in [-0.25, -0.2) is 0 Å². The molecule has 0 radical (unpaired) electrons. The van der Waals surface area contributed by atoms with E-state index < -0.39 is 6.10 Å². The number of ether oxygens (including phenoxy) is 2. The predicted octanol–water partition coefficient (Wildman–Crippen LogP) is 1.55. The number of nitrogens with one attached hydrogen (secondary N) is 1. The fourth-order valence-electron chi connectivity index (χ4n) is 2.73. The molecule has 1 N–H and O–H groups in total. The number of pyridine rings is 1. The number of carbonyl (C=O) groups is 1. The molecule has 0 bridgehead atoms. The number of amides is 1. The van der Waals surface area contributed by atoms with Gasteiger partial charge in [0.2, 0.25) is 6.10 Å². The number of nitrogens with zero attached hydrogens (tertiary/aromatic N) is 1. The fourth-order valence-corrected chi connectivity index (χ4v) is 2.73. The van der Waals surface area contributed by atoms with E-state index in [1.165, 1.54) is 10.8 Å². The van der Waals surface area contributed by atoms with Crippen molar-refractivity contribution in [3.05, 3.63) is 59.2 Å². The van der Waals surface area contributed by atoms with Crippen LogP contribution in [0.3, 0.4) is 0 Å². The zero-order valence-electron chi connectivity index (χ0n) is 13.3. The van der Waals surface area contributed by atoms with E-state index in [-0.39, 0.29) is 18.1 Å². The second kappa shape index (κ2) is 6.35. The normalized spacial score (nSPS) is 15.9. The monoisotopic (exact) mass is 340 g/mol. The molecule has 1 aliphatic rings. The highest BCUT2D eigenvalue weighted by Gasteiger charge is 2.26. The number of para-hydroxylation sites is 2. The number of fused-ring (bicyclic) bond motifs is 2. The lowest BCUT2D eigenvalue weighted by Gasteiger charge is -2.25. The van der Waals surface area contributed by atoms with Gasteiger partial charge >= 0.3 is 0 Å². The molecule has 0 saturated carbocycles. The minimum Gasteiger partial charge on any atom is -0.485 e. The third-order valence-electron chi connectivity index (χ3n) is 4.04. The van der Waals surface area contributed by atoms with E-state index in [1.807, 2.05) is 12.1 Å². The Bertz CT molecular complexity index is 975. The molecular formula is C18H16N2O5. The first-order valence-corrected chi connectivity index (χ1v) is 7.95. The molecule has 0 fully saturated rings. The van der Waals surface area contributed by atoms with Crippen LogP contribution in [0.4, 0.5) is 0 Å². The van der Waals surface area contributed by atoms with Crippen molar-refractivity contribution in [1.29, 1.82) is 0 Å². The number of rotatable bonds is 4. The highest BCUT2D eigenvalue weighted by Crippen LogP contribution is 2.30. The maximum atomic E-state index is 12.2. The molecule has 1 amide bonds. The maximum absolute atomic E-state index is 12.2. The van der Waals surface area contributed by atoms with E-state index in [4.69, 9.17) is 13.9 Å². The van der Waals surface area contributed by atoms with Crippen LogP contribution >= 0.6 is 0 Å². The summed E-state index contributed by atoms with van der Waals surface area (Å²) in [4.78, 5) is 24.4. The zero-order chi connectivity index (χ0) is 17.2. The van der Waals surface area contributed by atoms with Crippen LogP contribution in [-0.4, -0.2) is 29.7 Å². The van der Waals surface area contributed by atoms with Gasteiger partial charge in [-0.3, -0.25) is 9.59 Å². The molecule has 25 heavy (non-hydrogen) atoms. The summed E-state index contributed by atoms with van der Waals surface area (Å²) in [6, 6.07) is 10.8. The molecule has 128 valence electrons. The van der Waals surface area contributed by atoms with Gasteiger partial charge in [-0.05, 0) is 24.3 Å². The van der Waals surface area contributed by atoms with Gasteiger partial charge in [0.05, 0.1) is 6.26 Å². The quantitative estimate of drug-likeness (QED) is 0.779. The molecule has 7 nitrogen and oxygen atoms in total. The molecule has 3 heterocycles. The van der Waals surface area contributed by atoms with Gasteiger partial charge < -0.3 is 23.8 Å². The third kappa shape index (κ3) is 2.96. The maximum Gasteiger partial charge on any atom is 0.294 e. The summed E-state index contributed by atoms with van der Waals surface area (Å²) in [6.45, 7) is 0.791. The zero-order valence-corrected chi connectivity index (χ0v) is 13.3. The third-order valence-corrected chi connectivity index (χ3v) is 4.04. The molecule has 1 aromatic carbocycles. The van der Waals surface area contributed by atoms with Gasteiger partial charge in [-0.15, -0.1) is 0 Å². The Morgan fingerprint density at radius 3 is 2.92 bits per heavy atom. The first-order chi connectivity index (χ1) is 12.2. The van der Waals surface area contributed by atoms with Gasteiger partial charge in [-0.1, -0.05) is 12.1 Å². The molecule has 0 aliphatic carbocycles. The number of aromatic nitrogens is 1. The molecule has 4 rings (SSSR count). The molecule has 1 atom stereocenters. The fraction of sp³-hybridized carbons (Fsp3) is 0.222. The average Bonchev–Trinajstić information content (AvgIpc) is 3.12. The lowest BCUT2D eigenvalue weighted by Crippen LogP contribution is -2.45. The van der Waals surface area contributed by atoms with E-state index in [1.54, 1.807) is 30.5 Å². The highest BCUT2D eigenvalue weighted by atomic mass is 16.6. The van der Waals surface area contributed by atoms with E-state index in [0.717, 1.165) is 5.39 Å². The van der Waals surface area contributed by atoms with Crippen molar-refractivity contribution in [2.75, 3.05) is 13.2 Å². The lowest BCUT2D eigenvalue weighted by molar-refractivity contribution is -0.130. The van der Waals surface area contributed by atoms with Gasteiger partial charge in [-0.2, -0.15) is 0 Å². The van der Waals surface area contributed by atoms with E-state index >= 15 is 0 Å². The summed E-state index contributed by atoms with van der Waals surface area (Å²) in [5.41, 5.74) is 0.0948. The van der Waals surface area contributed by atoms with Gasteiger partial charge in [0.25, 0.3) is 11.5 Å². The van der Waals surface area contributed by atoms with Crippen LogP contribution in [0, 0.1) is 0 Å². The second-order valence-corrected chi connectivity index (χ2v) is 5.67. The van der Waals surface area contributed by atoms with Gasteiger partial charge in [0.1, 0.15) is 6.61 Å². The first kappa shape index (κ1) is 15.3. The Labute approximate surface area is 142 Å². The van der Waals surface area contributed by atoms with Gasteiger partial charge in [0, 0.05) is 24.7 Å². The molecular weight excluding hydrogens is 324 g/mol. The van der Waals surface area contributed by atoms with Crippen molar-refractivity contribution in [1.82, 2.24) is 9.88 Å². The topological polar surface area (TPSA) is 82.7 Å². The van der Waals surface area contributed by atoms with Crippen LogP contribution in [0.25, 0.3) is 11.0 Å². The molecule has 0 saturated heterocycles. The summed E-state index contributed by atoms with van der Waals surface area (Å²) < 4.78 is 17.9. The van der Waals surface area contributed by atoms with E-state index in [9.17, 15) is 9.59 Å². The Kier molecular flexibility index (Phi) is 3.89. The number of furan rings is 1. The number of hydrogen-bond acceptors (Lipinski definition) is 5. The van der Waals surface area contributed by atoms with Crippen LogP contribution in [0.1, 0.15) is 0 Å². The summed E-state index contributed by atoms with van der Waals surface area (Å²) in [7, 11) is 0. The van der Waals surface area contributed by atoms with Crippen molar-refractivity contribution in [3.8, 4) is 11.5 Å². The first-order valence-electron chi connectivity index (χ1n) is 7.95. The van der Waals surface area contributed by atoms with Crippen LogP contribution in [0.15, 0.2) is 58.1 Å². The molecule has 2 aromatic heterocycles. The van der Waals surface area contributed by atoms with Gasteiger partial charge in [0.15, 0.2) is 17.1 Å².